The maximum atomic E-state index is 11.7. The second-order valence-corrected chi connectivity index (χ2v) is 5.23. The van der Waals surface area contributed by atoms with E-state index in [-0.39, 0.29) is 12.0 Å². The Hall–Kier alpha value is -1.52. The molecule has 1 saturated carbocycles. The first kappa shape index (κ1) is 11.6. The van der Waals surface area contributed by atoms with Gasteiger partial charge in [0.1, 0.15) is 11.6 Å². The van der Waals surface area contributed by atoms with Crippen LogP contribution in [-0.2, 0) is 14.4 Å². The summed E-state index contributed by atoms with van der Waals surface area (Å²) in [5.74, 6) is -0.152. The monoisotopic (exact) mass is 251 g/mol. The quantitative estimate of drug-likeness (QED) is 0.558. The molecule has 1 aliphatic heterocycles. The summed E-state index contributed by atoms with van der Waals surface area (Å²) in [7, 11) is 0. The zero-order valence-electron chi connectivity index (χ0n) is 10.3. The number of hydrogen-bond acceptors (Lipinski definition) is 4. The molecule has 0 aromatic rings. The van der Waals surface area contributed by atoms with Crippen molar-refractivity contribution in [3.8, 4) is 0 Å². The van der Waals surface area contributed by atoms with Gasteiger partial charge in [-0.3, -0.25) is 4.79 Å². The highest BCUT2D eigenvalue weighted by molar-refractivity contribution is 5.82. The third-order valence-electron chi connectivity index (χ3n) is 3.88. The van der Waals surface area contributed by atoms with E-state index in [1.165, 1.54) is 6.42 Å². The number of rotatable bonds is 2. The van der Waals surface area contributed by atoms with Crippen molar-refractivity contribution in [3.05, 3.63) is 12.2 Å². The molecule has 0 N–H and O–H groups in total. The van der Waals surface area contributed by atoms with Crippen LogP contribution in [0.25, 0.3) is 0 Å². The second kappa shape index (κ2) is 4.30. The Labute approximate surface area is 106 Å². The summed E-state index contributed by atoms with van der Waals surface area (Å²) in [5.41, 5.74) is -0.428. The van der Waals surface area contributed by atoms with Gasteiger partial charge in [0, 0.05) is 6.42 Å². The minimum atomic E-state index is -0.745. The molecule has 0 atom stereocenters. The van der Waals surface area contributed by atoms with Crippen LogP contribution in [0.5, 0.6) is 0 Å². The average molecular weight is 251 g/mol. The molecule has 5 nitrogen and oxygen atoms in total. The number of hydroxylamine groups is 2. The molecule has 0 aromatic heterocycles. The molecule has 0 radical (unpaired) electrons. The van der Waals surface area contributed by atoms with Crippen LogP contribution < -0.4 is 0 Å². The lowest BCUT2D eigenvalue weighted by atomic mass is 9.98. The molecule has 18 heavy (non-hydrogen) atoms. The van der Waals surface area contributed by atoms with Gasteiger partial charge in [-0.2, -0.15) is 5.06 Å². The van der Waals surface area contributed by atoms with E-state index in [9.17, 15) is 9.59 Å². The van der Waals surface area contributed by atoms with E-state index in [1.54, 1.807) is 0 Å². The van der Waals surface area contributed by atoms with Crippen molar-refractivity contribution in [2.24, 2.45) is 0 Å². The van der Waals surface area contributed by atoms with Gasteiger partial charge in [0.25, 0.3) is 5.91 Å². The lowest BCUT2D eigenvalue weighted by molar-refractivity contribution is -0.177. The van der Waals surface area contributed by atoms with E-state index in [4.69, 9.17) is 9.57 Å². The fraction of sp³-hybridized carbons (Fsp3) is 0.692. The average Bonchev–Trinajstić information content (AvgIpc) is 3.09. The Kier molecular flexibility index (Phi) is 2.76. The van der Waals surface area contributed by atoms with E-state index >= 15 is 0 Å². The highest BCUT2D eigenvalue weighted by Crippen LogP contribution is 2.42. The van der Waals surface area contributed by atoms with E-state index in [2.05, 4.69) is 0 Å². The van der Waals surface area contributed by atoms with Crippen LogP contribution >= 0.6 is 0 Å². The molecule has 1 saturated heterocycles. The van der Waals surface area contributed by atoms with Crippen molar-refractivity contribution in [3.63, 3.8) is 0 Å². The fourth-order valence-electron chi connectivity index (χ4n) is 2.69. The maximum Gasteiger partial charge on any atom is 0.533 e. The van der Waals surface area contributed by atoms with Gasteiger partial charge in [-0.1, -0.05) is 18.6 Å². The van der Waals surface area contributed by atoms with Crippen molar-refractivity contribution in [1.82, 2.24) is 5.06 Å². The summed E-state index contributed by atoms with van der Waals surface area (Å²) in [5, 5.41) is 1.16. The first-order valence-corrected chi connectivity index (χ1v) is 6.62. The van der Waals surface area contributed by atoms with Crippen LogP contribution in [0.3, 0.4) is 0 Å². The van der Waals surface area contributed by atoms with Gasteiger partial charge in [0.05, 0.1) is 0 Å². The number of ether oxygens (including phenoxy) is 1. The standard InChI is InChI=1S/C13H17NO4/c15-11-6-7-13(8-9-13)14(11)18-12(16)17-10-4-2-1-3-5-10/h8-10H,1-7H2. The van der Waals surface area contributed by atoms with Crippen molar-refractivity contribution in [2.45, 2.75) is 56.6 Å². The molecular formula is C13H17NO4. The number of amides is 1. The van der Waals surface area contributed by atoms with Crippen molar-refractivity contribution in [1.29, 1.82) is 0 Å². The zero-order chi connectivity index (χ0) is 12.6. The van der Waals surface area contributed by atoms with Crippen LogP contribution in [0.15, 0.2) is 12.2 Å². The normalized spacial score (nSPS) is 25.6. The van der Waals surface area contributed by atoms with E-state index in [0.717, 1.165) is 30.7 Å². The molecule has 3 aliphatic rings. The van der Waals surface area contributed by atoms with Crippen LogP contribution in [0.4, 0.5) is 4.79 Å². The van der Waals surface area contributed by atoms with Gasteiger partial charge in [-0.05, 0) is 32.1 Å². The van der Waals surface area contributed by atoms with Crippen LogP contribution in [0.2, 0.25) is 0 Å². The Morgan fingerprint density at radius 2 is 2.00 bits per heavy atom. The third-order valence-corrected chi connectivity index (χ3v) is 3.88. The molecule has 0 aromatic carbocycles. The molecule has 98 valence electrons. The van der Waals surface area contributed by atoms with Gasteiger partial charge in [0.15, 0.2) is 0 Å². The predicted molar refractivity (Wildman–Crippen MR) is 62.4 cm³/mol. The molecular weight excluding hydrogens is 234 g/mol. The first-order valence-electron chi connectivity index (χ1n) is 6.62. The number of nitrogens with zero attached hydrogens (tertiary/aromatic N) is 1. The molecule has 5 heteroatoms. The molecule has 1 heterocycles. The molecule has 0 bridgehead atoms. The summed E-state index contributed by atoms with van der Waals surface area (Å²) >= 11 is 0. The Morgan fingerprint density at radius 3 is 2.67 bits per heavy atom. The maximum absolute atomic E-state index is 11.7. The number of hydrogen-bond donors (Lipinski definition) is 0. The van der Waals surface area contributed by atoms with Gasteiger partial charge >= 0.3 is 6.16 Å². The minimum absolute atomic E-state index is 0.0490. The van der Waals surface area contributed by atoms with Gasteiger partial charge < -0.3 is 9.57 Å². The van der Waals surface area contributed by atoms with Crippen molar-refractivity contribution >= 4 is 12.1 Å². The van der Waals surface area contributed by atoms with Crippen molar-refractivity contribution in [2.75, 3.05) is 0 Å². The number of carbonyl (C=O) groups excluding carboxylic acids is 2. The summed E-state index contributed by atoms with van der Waals surface area (Å²) in [6.07, 6.45) is 9.25. The fourth-order valence-corrected chi connectivity index (χ4v) is 2.69. The molecule has 1 amide bonds. The van der Waals surface area contributed by atoms with Gasteiger partial charge in [-0.25, -0.2) is 4.79 Å². The minimum Gasteiger partial charge on any atom is -0.429 e. The molecule has 3 rings (SSSR count). The van der Waals surface area contributed by atoms with Crippen LogP contribution in [-0.4, -0.2) is 28.8 Å². The van der Waals surface area contributed by atoms with Gasteiger partial charge in [0.2, 0.25) is 0 Å². The summed E-state index contributed by atoms with van der Waals surface area (Å²) in [6, 6.07) is 0. The highest BCUT2D eigenvalue weighted by Gasteiger charge is 2.51. The summed E-state index contributed by atoms with van der Waals surface area (Å²) in [4.78, 5) is 28.3. The Morgan fingerprint density at radius 1 is 1.28 bits per heavy atom. The Bertz CT molecular complexity index is 392. The SMILES string of the molecule is O=C(OC1CCCCC1)ON1C(=O)CCC12C=C2. The zero-order valence-corrected chi connectivity index (χ0v) is 10.3. The third kappa shape index (κ3) is 2.09. The molecule has 0 unspecified atom stereocenters. The van der Waals surface area contributed by atoms with Crippen molar-refractivity contribution < 1.29 is 19.2 Å². The lowest BCUT2D eigenvalue weighted by Gasteiger charge is -2.25. The summed E-state index contributed by atoms with van der Waals surface area (Å²) in [6.45, 7) is 0. The second-order valence-electron chi connectivity index (χ2n) is 5.23. The lowest BCUT2D eigenvalue weighted by Crippen LogP contribution is -2.39. The smallest absolute Gasteiger partial charge is 0.429 e. The molecule has 1 spiro atoms. The van der Waals surface area contributed by atoms with E-state index < -0.39 is 11.7 Å². The van der Waals surface area contributed by atoms with E-state index in [1.807, 2.05) is 12.2 Å². The molecule has 2 fully saturated rings. The topological polar surface area (TPSA) is 55.8 Å². The largest absolute Gasteiger partial charge is 0.533 e. The molecule has 2 aliphatic carbocycles. The van der Waals surface area contributed by atoms with Crippen LogP contribution in [0, 0.1) is 0 Å². The van der Waals surface area contributed by atoms with E-state index in [0.29, 0.717) is 12.8 Å². The number of carbonyl (C=O) groups is 2. The highest BCUT2D eigenvalue weighted by atomic mass is 16.8. The van der Waals surface area contributed by atoms with Gasteiger partial charge in [-0.15, -0.1) is 0 Å². The predicted octanol–water partition coefficient (Wildman–Crippen LogP) is 2.32. The summed E-state index contributed by atoms with van der Waals surface area (Å²) < 4.78 is 5.24. The van der Waals surface area contributed by atoms with Crippen LogP contribution in [0.1, 0.15) is 44.9 Å². The first-order chi connectivity index (χ1) is 8.70. The Balaban J connectivity index is 1.52.